The molecule has 0 unspecified atom stereocenters. The van der Waals surface area contributed by atoms with E-state index >= 15 is 0 Å². The van der Waals surface area contributed by atoms with Gasteiger partial charge in [-0.3, -0.25) is 9.58 Å². The van der Waals surface area contributed by atoms with Gasteiger partial charge >= 0.3 is 0 Å². The minimum Gasteiger partial charge on any atom is -0.399 e. The van der Waals surface area contributed by atoms with Gasteiger partial charge < -0.3 is 5.73 Å². The second-order valence-electron chi connectivity index (χ2n) is 5.67. The molecular formula is C16H21BrN4. The van der Waals surface area contributed by atoms with Crippen molar-refractivity contribution in [2.75, 3.05) is 12.3 Å². The summed E-state index contributed by atoms with van der Waals surface area (Å²) in [6, 6.07) is 6.27. The number of fused-ring (bicyclic) bond motifs is 1. The molecule has 1 aliphatic rings. The van der Waals surface area contributed by atoms with Crippen molar-refractivity contribution in [3.8, 4) is 0 Å². The molecule has 2 N–H and O–H groups in total. The molecule has 0 atom stereocenters. The maximum atomic E-state index is 5.91. The number of halogens is 1. The van der Waals surface area contributed by atoms with Crippen molar-refractivity contribution in [3.63, 3.8) is 0 Å². The summed E-state index contributed by atoms with van der Waals surface area (Å²) in [5.74, 6) is 0. The van der Waals surface area contributed by atoms with Crippen LogP contribution in [0.3, 0.4) is 0 Å². The van der Waals surface area contributed by atoms with E-state index in [1.54, 1.807) is 0 Å². The Morgan fingerprint density at radius 2 is 2.14 bits per heavy atom. The zero-order valence-corrected chi connectivity index (χ0v) is 14.2. The molecule has 0 fully saturated rings. The molecule has 1 aromatic carbocycles. The highest BCUT2D eigenvalue weighted by atomic mass is 79.9. The van der Waals surface area contributed by atoms with Crippen LogP contribution < -0.4 is 5.73 Å². The van der Waals surface area contributed by atoms with E-state index in [1.807, 2.05) is 17.8 Å². The molecule has 0 saturated carbocycles. The number of aromatic nitrogens is 2. The third-order valence-electron chi connectivity index (χ3n) is 4.20. The molecule has 0 bridgehead atoms. The molecule has 2 aromatic rings. The van der Waals surface area contributed by atoms with Gasteiger partial charge in [-0.1, -0.05) is 13.0 Å². The van der Waals surface area contributed by atoms with Gasteiger partial charge in [0.15, 0.2) is 0 Å². The van der Waals surface area contributed by atoms with Gasteiger partial charge in [0.25, 0.3) is 0 Å². The van der Waals surface area contributed by atoms with Gasteiger partial charge in [0.05, 0.1) is 15.9 Å². The Bertz CT molecular complexity index is 663. The van der Waals surface area contributed by atoms with Crippen LogP contribution in [0.15, 0.2) is 22.7 Å². The fourth-order valence-corrected chi connectivity index (χ4v) is 3.72. The maximum Gasteiger partial charge on any atom is 0.0767 e. The normalized spacial score (nSPS) is 15.2. The first-order valence-electron chi connectivity index (χ1n) is 7.38. The summed E-state index contributed by atoms with van der Waals surface area (Å²) >= 11 is 3.70. The highest BCUT2D eigenvalue weighted by molar-refractivity contribution is 9.10. The van der Waals surface area contributed by atoms with Crippen LogP contribution in [0.4, 0.5) is 5.69 Å². The van der Waals surface area contributed by atoms with Crippen molar-refractivity contribution in [2.24, 2.45) is 7.05 Å². The molecule has 3 rings (SSSR count). The Balaban J connectivity index is 1.80. The van der Waals surface area contributed by atoms with E-state index in [-0.39, 0.29) is 0 Å². The standard InChI is InChI=1S/C16H21BrN4/c1-3-14-16(17)15(20(2)19-14)10-21-7-6-11-4-5-13(18)8-12(11)9-21/h4-5,8H,3,6-7,9-10,18H2,1-2H3. The highest BCUT2D eigenvalue weighted by Gasteiger charge is 2.20. The molecule has 1 aromatic heterocycles. The molecule has 0 aliphatic carbocycles. The Kier molecular flexibility index (Phi) is 4.04. The van der Waals surface area contributed by atoms with Gasteiger partial charge in [-0.2, -0.15) is 5.10 Å². The first kappa shape index (κ1) is 14.6. The molecular weight excluding hydrogens is 328 g/mol. The summed E-state index contributed by atoms with van der Waals surface area (Å²) in [6.45, 7) is 5.09. The Labute approximate surface area is 134 Å². The number of aryl methyl sites for hydroxylation is 2. The predicted molar refractivity (Wildman–Crippen MR) is 89.0 cm³/mol. The van der Waals surface area contributed by atoms with Crippen LogP contribution >= 0.6 is 15.9 Å². The maximum absolute atomic E-state index is 5.91. The summed E-state index contributed by atoms with van der Waals surface area (Å²) < 4.78 is 3.16. The summed E-state index contributed by atoms with van der Waals surface area (Å²) in [4.78, 5) is 2.46. The second-order valence-corrected chi connectivity index (χ2v) is 6.47. The Hall–Kier alpha value is -1.33. The molecule has 1 aliphatic heterocycles. The minimum absolute atomic E-state index is 0.852. The SMILES string of the molecule is CCc1nn(C)c(CN2CCc3ccc(N)cc3C2)c1Br. The third-order valence-corrected chi connectivity index (χ3v) is 5.11. The quantitative estimate of drug-likeness (QED) is 0.867. The summed E-state index contributed by atoms with van der Waals surface area (Å²) in [7, 11) is 2.02. The van der Waals surface area contributed by atoms with E-state index in [9.17, 15) is 0 Å². The topological polar surface area (TPSA) is 47.1 Å². The van der Waals surface area contributed by atoms with Crippen LogP contribution in [0.2, 0.25) is 0 Å². The molecule has 0 saturated heterocycles. The van der Waals surface area contributed by atoms with Crippen LogP contribution in [0.25, 0.3) is 0 Å². The monoisotopic (exact) mass is 348 g/mol. The van der Waals surface area contributed by atoms with Crippen molar-refractivity contribution in [3.05, 3.63) is 45.2 Å². The van der Waals surface area contributed by atoms with Crippen molar-refractivity contribution in [1.29, 1.82) is 0 Å². The van der Waals surface area contributed by atoms with Crippen LogP contribution in [-0.2, 0) is 33.0 Å². The highest BCUT2D eigenvalue weighted by Crippen LogP contribution is 2.26. The van der Waals surface area contributed by atoms with Gasteiger partial charge in [0.2, 0.25) is 0 Å². The lowest BCUT2D eigenvalue weighted by atomic mass is 9.99. The second kappa shape index (κ2) is 5.81. The van der Waals surface area contributed by atoms with Crippen molar-refractivity contribution in [2.45, 2.75) is 32.9 Å². The molecule has 112 valence electrons. The number of benzene rings is 1. The van der Waals surface area contributed by atoms with E-state index in [0.717, 1.165) is 48.3 Å². The average Bonchev–Trinajstić information content (AvgIpc) is 2.74. The number of hydrogen-bond acceptors (Lipinski definition) is 3. The predicted octanol–water partition coefficient (Wildman–Crippen LogP) is 2.89. The Morgan fingerprint density at radius 1 is 1.33 bits per heavy atom. The van der Waals surface area contributed by atoms with Crippen LogP contribution in [0.1, 0.15) is 29.4 Å². The number of nitrogens with two attached hydrogens (primary N) is 1. The van der Waals surface area contributed by atoms with Crippen LogP contribution in [-0.4, -0.2) is 21.2 Å². The zero-order valence-electron chi connectivity index (χ0n) is 12.6. The number of anilines is 1. The van der Waals surface area contributed by atoms with Crippen molar-refractivity contribution >= 4 is 21.6 Å². The zero-order chi connectivity index (χ0) is 15.0. The summed E-state index contributed by atoms with van der Waals surface area (Å²) in [5.41, 5.74) is 11.9. The van der Waals surface area contributed by atoms with Gasteiger partial charge in [0.1, 0.15) is 0 Å². The van der Waals surface area contributed by atoms with E-state index < -0.39 is 0 Å². The number of nitrogen functional groups attached to an aromatic ring is 1. The van der Waals surface area contributed by atoms with E-state index in [0.29, 0.717) is 0 Å². The first-order valence-corrected chi connectivity index (χ1v) is 8.17. The van der Waals surface area contributed by atoms with Gasteiger partial charge in [0, 0.05) is 32.4 Å². The average molecular weight is 349 g/mol. The lowest BCUT2D eigenvalue weighted by molar-refractivity contribution is 0.239. The molecule has 2 heterocycles. The molecule has 4 nitrogen and oxygen atoms in total. The van der Waals surface area contributed by atoms with E-state index in [2.05, 4.69) is 45.0 Å². The number of rotatable bonds is 3. The van der Waals surface area contributed by atoms with E-state index in [4.69, 9.17) is 5.73 Å². The fourth-order valence-electron chi connectivity index (χ4n) is 2.97. The van der Waals surface area contributed by atoms with Gasteiger partial charge in [-0.05, 0) is 52.0 Å². The summed E-state index contributed by atoms with van der Waals surface area (Å²) in [6.07, 6.45) is 2.04. The van der Waals surface area contributed by atoms with Gasteiger partial charge in [-0.25, -0.2) is 0 Å². The third kappa shape index (κ3) is 2.85. The lowest BCUT2D eigenvalue weighted by Crippen LogP contribution is -2.31. The largest absolute Gasteiger partial charge is 0.399 e. The first-order chi connectivity index (χ1) is 10.1. The number of hydrogen-bond donors (Lipinski definition) is 1. The fraction of sp³-hybridized carbons (Fsp3) is 0.438. The smallest absolute Gasteiger partial charge is 0.0767 e. The van der Waals surface area contributed by atoms with Crippen molar-refractivity contribution < 1.29 is 0 Å². The summed E-state index contributed by atoms with van der Waals surface area (Å²) in [5, 5.41) is 4.58. The van der Waals surface area contributed by atoms with Crippen molar-refractivity contribution in [1.82, 2.24) is 14.7 Å². The Morgan fingerprint density at radius 3 is 2.86 bits per heavy atom. The molecule has 5 heteroatoms. The van der Waals surface area contributed by atoms with Gasteiger partial charge in [-0.15, -0.1) is 0 Å². The molecule has 0 radical (unpaired) electrons. The molecule has 0 amide bonds. The van der Waals surface area contributed by atoms with Crippen LogP contribution in [0.5, 0.6) is 0 Å². The molecule has 21 heavy (non-hydrogen) atoms. The molecule has 0 spiro atoms. The minimum atomic E-state index is 0.852. The number of nitrogens with zero attached hydrogens (tertiary/aromatic N) is 3. The van der Waals surface area contributed by atoms with E-state index in [1.165, 1.54) is 16.8 Å². The van der Waals surface area contributed by atoms with Crippen LogP contribution in [0, 0.1) is 0 Å². The lowest BCUT2D eigenvalue weighted by Gasteiger charge is -2.29.